The highest BCUT2D eigenvalue weighted by Crippen LogP contribution is 2.38. The lowest BCUT2D eigenvalue weighted by Gasteiger charge is -2.31. The highest BCUT2D eigenvalue weighted by Gasteiger charge is 2.38. The minimum Gasteiger partial charge on any atom is -0.493 e. The summed E-state index contributed by atoms with van der Waals surface area (Å²) in [5.74, 6) is 2.08. The molecule has 3 aromatic carbocycles. The van der Waals surface area contributed by atoms with Gasteiger partial charge in [-0.15, -0.1) is 0 Å². The van der Waals surface area contributed by atoms with Crippen LogP contribution in [0, 0.1) is 0 Å². The van der Waals surface area contributed by atoms with Gasteiger partial charge in [-0.2, -0.15) is 0 Å². The molecule has 0 spiro atoms. The molecule has 3 aliphatic rings. The SMILES string of the molecule is COC(=O)N[C@H]1COCCCCOc2cc(-c3ccc(-c4cnc([C@@H]5CCCN5C(=O)[C@@H](c5ccccc5)N(C)C)[nH]4)cc3)ccc2-c2cnc([nH]2)[C@@H]2CCCN2C1=O. The number of nitrogens with one attached hydrogen (secondary N) is 3. The van der Waals surface area contributed by atoms with Crippen molar-refractivity contribution in [1.29, 1.82) is 0 Å². The topological polar surface area (TPSA) is 158 Å². The number of imidazole rings is 2. The van der Waals surface area contributed by atoms with E-state index in [0.29, 0.717) is 38.5 Å². The summed E-state index contributed by atoms with van der Waals surface area (Å²) < 4.78 is 17.1. The van der Waals surface area contributed by atoms with Crippen molar-refractivity contribution in [3.63, 3.8) is 0 Å². The minimum atomic E-state index is -0.867. The fourth-order valence-corrected chi connectivity index (χ4v) is 8.53. The molecule has 4 atom stereocenters. The monoisotopic (exact) mass is 800 g/mol. The number of alkyl carbamates (subject to hydrolysis) is 1. The van der Waals surface area contributed by atoms with E-state index in [1.807, 2.05) is 66.5 Å². The second-order valence-corrected chi connectivity index (χ2v) is 15.6. The maximum Gasteiger partial charge on any atom is 0.407 e. The van der Waals surface area contributed by atoms with Gasteiger partial charge in [0.2, 0.25) is 11.8 Å². The second kappa shape index (κ2) is 17.9. The number of amides is 3. The van der Waals surface area contributed by atoms with E-state index < -0.39 is 12.1 Å². The first kappa shape index (κ1) is 39.8. The van der Waals surface area contributed by atoms with Gasteiger partial charge >= 0.3 is 6.09 Å². The number of hydrogen-bond donors (Lipinski definition) is 3. The number of rotatable bonds is 7. The largest absolute Gasteiger partial charge is 0.493 e. The van der Waals surface area contributed by atoms with Gasteiger partial charge < -0.3 is 39.3 Å². The number of nitrogens with zero attached hydrogens (tertiary/aromatic N) is 5. The molecule has 8 rings (SSSR count). The van der Waals surface area contributed by atoms with E-state index in [1.165, 1.54) is 7.11 Å². The molecule has 0 aliphatic carbocycles. The number of likely N-dealkylation sites (tertiary alicyclic amines) is 1. The lowest BCUT2D eigenvalue weighted by molar-refractivity contribution is -0.137. The first-order valence-electron chi connectivity index (χ1n) is 20.5. The molecule has 3 N–H and O–H groups in total. The minimum absolute atomic E-state index is 0.0423. The van der Waals surface area contributed by atoms with Crippen LogP contribution in [0.25, 0.3) is 33.6 Å². The van der Waals surface area contributed by atoms with E-state index in [2.05, 4.69) is 51.7 Å². The molecule has 2 aromatic heterocycles. The Hall–Kier alpha value is -5.99. The summed E-state index contributed by atoms with van der Waals surface area (Å²) in [5, 5.41) is 2.65. The molecular formula is C45H52N8O6. The number of carbonyl (C=O) groups excluding carboxylic acids is 3. The van der Waals surface area contributed by atoms with E-state index in [-0.39, 0.29) is 36.5 Å². The summed E-state index contributed by atoms with van der Waals surface area (Å²) in [4.78, 5) is 62.1. The van der Waals surface area contributed by atoms with Gasteiger partial charge in [0, 0.05) is 25.3 Å². The number of fused-ring (bicyclic) bond motifs is 6. The van der Waals surface area contributed by atoms with Crippen molar-refractivity contribution in [3.05, 3.63) is 102 Å². The Morgan fingerprint density at radius 2 is 1.51 bits per heavy atom. The lowest BCUT2D eigenvalue weighted by atomic mass is 10.00. The molecule has 2 bridgehead atoms. The Morgan fingerprint density at radius 1 is 0.831 bits per heavy atom. The van der Waals surface area contributed by atoms with Crippen LogP contribution in [0.3, 0.4) is 0 Å². The zero-order chi connectivity index (χ0) is 40.9. The number of likely N-dealkylation sites (N-methyl/N-ethyl adjacent to an activating group) is 1. The predicted octanol–water partition coefficient (Wildman–Crippen LogP) is 6.68. The average molecular weight is 801 g/mol. The van der Waals surface area contributed by atoms with E-state index in [9.17, 15) is 14.4 Å². The van der Waals surface area contributed by atoms with Crippen LogP contribution in [0.2, 0.25) is 0 Å². The van der Waals surface area contributed by atoms with E-state index in [0.717, 1.165) is 82.9 Å². The quantitative estimate of drug-likeness (QED) is 0.163. The second-order valence-electron chi connectivity index (χ2n) is 15.6. The molecule has 2 saturated heterocycles. The molecule has 3 aliphatic heterocycles. The number of ether oxygens (including phenoxy) is 3. The van der Waals surface area contributed by atoms with Crippen LogP contribution in [-0.4, -0.2) is 113 Å². The molecular weight excluding hydrogens is 749 g/mol. The van der Waals surface area contributed by atoms with Gasteiger partial charge in [0.05, 0.1) is 56.2 Å². The number of aromatic nitrogens is 4. The molecule has 2 fully saturated rings. The molecule has 14 nitrogen and oxygen atoms in total. The summed E-state index contributed by atoms with van der Waals surface area (Å²) in [6, 6.07) is 22.9. The van der Waals surface area contributed by atoms with E-state index >= 15 is 0 Å². The van der Waals surface area contributed by atoms with Crippen molar-refractivity contribution >= 4 is 17.9 Å². The number of H-pyrrole nitrogens is 2. The molecule has 5 aromatic rings. The molecule has 0 radical (unpaired) electrons. The number of carbonyl (C=O) groups is 3. The molecule has 14 heteroatoms. The van der Waals surface area contributed by atoms with Gasteiger partial charge in [0.15, 0.2) is 0 Å². The van der Waals surface area contributed by atoms with Crippen molar-refractivity contribution in [3.8, 4) is 39.4 Å². The molecule has 5 heterocycles. The molecule has 59 heavy (non-hydrogen) atoms. The molecule has 308 valence electrons. The Morgan fingerprint density at radius 3 is 2.29 bits per heavy atom. The van der Waals surface area contributed by atoms with Crippen molar-refractivity contribution in [2.45, 2.75) is 62.7 Å². The van der Waals surface area contributed by atoms with Crippen LogP contribution in [0.1, 0.15) is 73.9 Å². The summed E-state index contributed by atoms with van der Waals surface area (Å²) >= 11 is 0. The van der Waals surface area contributed by atoms with Crippen molar-refractivity contribution < 1.29 is 28.6 Å². The Bertz CT molecular complexity index is 2240. The highest BCUT2D eigenvalue weighted by molar-refractivity contribution is 5.86. The molecule has 3 amide bonds. The fourth-order valence-electron chi connectivity index (χ4n) is 8.53. The van der Waals surface area contributed by atoms with Crippen molar-refractivity contribution in [1.82, 2.24) is 40.0 Å². The zero-order valence-corrected chi connectivity index (χ0v) is 33.9. The average Bonchev–Trinajstić information content (AvgIpc) is 4.10. The van der Waals surface area contributed by atoms with Crippen LogP contribution < -0.4 is 10.1 Å². The third kappa shape index (κ3) is 8.60. The molecule has 0 unspecified atom stereocenters. The number of benzene rings is 3. The van der Waals surface area contributed by atoms with Gasteiger partial charge in [-0.1, -0.05) is 60.7 Å². The Balaban J connectivity index is 1.00. The van der Waals surface area contributed by atoms with Gasteiger partial charge in [-0.05, 0) is 87.0 Å². The number of methoxy groups -OCH3 is 1. The van der Waals surface area contributed by atoms with Gasteiger partial charge in [0.1, 0.15) is 29.5 Å². The van der Waals surface area contributed by atoms with Crippen LogP contribution in [-0.2, 0) is 19.1 Å². The zero-order valence-electron chi connectivity index (χ0n) is 33.9. The molecule has 0 saturated carbocycles. The Labute approximate surface area is 344 Å². The van der Waals surface area contributed by atoms with E-state index in [4.69, 9.17) is 24.2 Å². The summed E-state index contributed by atoms with van der Waals surface area (Å²) in [7, 11) is 5.17. The van der Waals surface area contributed by atoms with Crippen LogP contribution in [0.5, 0.6) is 5.75 Å². The van der Waals surface area contributed by atoms with Crippen LogP contribution >= 0.6 is 0 Å². The van der Waals surface area contributed by atoms with Gasteiger partial charge in [-0.25, -0.2) is 14.8 Å². The van der Waals surface area contributed by atoms with Gasteiger partial charge in [0.25, 0.3) is 0 Å². The van der Waals surface area contributed by atoms with Gasteiger partial charge in [-0.3, -0.25) is 14.5 Å². The smallest absolute Gasteiger partial charge is 0.407 e. The first-order chi connectivity index (χ1) is 28.8. The van der Waals surface area contributed by atoms with Crippen LogP contribution in [0.4, 0.5) is 4.79 Å². The summed E-state index contributed by atoms with van der Waals surface area (Å²) in [6.45, 7) is 2.17. The predicted molar refractivity (Wildman–Crippen MR) is 222 cm³/mol. The Kier molecular flexibility index (Phi) is 12.1. The highest BCUT2D eigenvalue weighted by atomic mass is 16.5. The number of hydrogen-bond acceptors (Lipinski definition) is 9. The lowest BCUT2D eigenvalue weighted by Crippen LogP contribution is -2.50. The third-order valence-electron chi connectivity index (χ3n) is 11.6. The van der Waals surface area contributed by atoms with Crippen molar-refractivity contribution in [2.75, 3.05) is 54.1 Å². The van der Waals surface area contributed by atoms with Crippen LogP contribution in [0.15, 0.2) is 85.2 Å². The third-order valence-corrected chi connectivity index (χ3v) is 11.6. The van der Waals surface area contributed by atoms with E-state index in [1.54, 1.807) is 11.1 Å². The first-order valence-corrected chi connectivity index (χ1v) is 20.5. The normalized spacial score (nSPS) is 20.5. The number of aromatic amines is 2. The standard InChI is InChI=1S/C45H52N8O6/c1-51(2)40(31-11-5-4-6-12-31)44(55)53-22-10-14-38(53)41-46-26-34(48-41)30-17-15-29(16-18-30)32-19-20-33-35-27-47-42(49-35)37-13-9-21-52(37)43(54)36(50-45(56)57-3)28-58-23-7-8-24-59-39(33)25-32/h4-6,11-12,15-20,25-27,36-38,40H,7-10,13-14,21-24,28H2,1-3H3,(H,46,48)(H,47,49)(H,50,56)/t36-,37-,38-,40+/m0/s1. The summed E-state index contributed by atoms with van der Waals surface area (Å²) in [6.07, 6.45) is 7.76. The maximum atomic E-state index is 14.0. The maximum absolute atomic E-state index is 14.0. The summed E-state index contributed by atoms with van der Waals surface area (Å²) in [5.41, 5.74) is 6.58. The fraction of sp³-hybridized carbons (Fsp3) is 0.400. The van der Waals surface area contributed by atoms with Crippen molar-refractivity contribution in [2.24, 2.45) is 0 Å².